The summed E-state index contributed by atoms with van der Waals surface area (Å²) in [5.74, 6) is 1.14. The third-order valence-electron chi connectivity index (χ3n) is 4.15. The van der Waals surface area contributed by atoms with Gasteiger partial charge in [-0.25, -0.2) is 4.98 Å². The predicted octanol–water partition coefficient (Wildman–Crippen LogP) is 2.50. The first-order valence-corrected chi connectivity index (χ1v) is 8.24. The predicted molar refractivity (Wildman–Crippen MR) is 89.8 cm³/mol. The highest BCUT2D eigenvalue weighted by Crippen LogP contribution is 2.20. The van der Waals surface area contributed by atoms with E-state index in [4.69, 9.17) is 4.98 Å². The Balaban J connectivity index is 2.13. The maximum Gasteiger partial charge on any atom is 0.129 e. The van der Waals surface area contributed by atoms with Crippen molar-refractivity contribution in [3.63, 3.8) is 0 Å². The number of rotatable bonds is 5. The van der Waals surface area contributed by atoms with Crippen molar-refractivity contribution in [3.05, 3.63) is 23.9 Å². The van der Waals surface area contributed by atoms with Gasteiger partial charge in [-0.2, -0.15) is 0 Å². The van der Waals surface area contributed by atoms with E-state index in [1.165, 1.54) is 19.4 Å². The average Bonchev–Trinajstić information content (AvgIpc) is 2.66. The highest BCUT2D eigenvalue weighted by molar-refractivity contribution is 5.41. The second kappa shape index (κ2) is 7.76. The van der Waals surface area contributed by atoms with E-state index in [9.17, 15) is 0 Å². The Morgan fingerprint density at radius 1 is 1.33 bits per heavy atom. The number of likely N-dealkylation sites (N-methyl/N-ethyl adjacent to an activating group) is 1. The summed E-state index contributed by atoms with van der Waals surface area (Å²) in [6.45, 7) is 10.9. The van der Waals surface area contributed by atoms with Crippen molar-refractivity contribution in [2.75, 3.05) is 31.6 Å². The number of nitrogens with zero attached hydrogens (tertiary/aromatic N) is 3. The molecule has 1 atom stereocenters. The molecule has 0 aromatic carbocycles. The minimum Gasteiger partial charge on any atom is -0.352 e. The molecular weight excluding hydrogens is 260 g/mol. The molecule has 4 heteroatoms. The lowest BCUT2D eigenvalue weighted by Gasteiger charge is -2.31. The van der Waals surface area contributed by atoms with Gasteiger partial charge in [0.15, 0.2) is 0 Å². The first kappa shape index (κ1) is 16.2. The minimum atomic E-state index is 0.491. The van der Waals surface area contributed by atoms with Crippen LogP contribution in [0.4, 0.5) is 5.82 Å². The van der Waals surface area contributed by atoms with Crippen LogP contribution in [0.25, 0.3) is 0 Å². The molecule has 2 heterocycles. The van der Waals surface area contributed by atoms with Crippen LogP contribution in [-0.2, 0) is 6.54 Å². The monoisotopic (exact) mass is 290 g/mol. The SMILES string of the molecule is CCC1CN(C)CCCN1c1cccc(CNC(C)C)n1. The smallest absolute Gasteiger partial charge is 0.129 e. The molecule has 1 aromatic heterocycles. The molecule has 0 amide bonds. The lowest BCUT2D eigenvalue weighted by Crippen LogP contribution is -2.40. The topological polar surface area (TPSA) is 31.4 Å². The van der Waals surface area contributed by atoms with Crippen molar-refractivity contribution in [1.29, 1.82) is 0 Å². The molecule has 118 valence electrons. The molecule has 0 spiro atoms. The van der Waals surface area contributed by atoms with Crippen LogP contribution in [-0.4, -0.2) is 48.6 Å². The van der Waals surface area contributed by atoms with Crippen LogP contribution in [0.15, 0.2) is 18.2 Å². The maximum atomic E-state index is 4.88. The van der Waals surface area contributed by atoms with Crippen LogP contribution >= 0.6 is 0 Å². The summed E-state index contributed by atoms with van der Waals surface area (Å²) in [7, 11) is 2.22. The minimum absolute atomic E-state index is 0.491. The van der Waals surface area contributed by atoms with Crippen molar-refractivity contribution >= 4 is 5.82 Å². The number of anilines is 1. The molecule has 1 saturated heterocycles. The van der Waals surface area contributed by atoms with Crippen molar-refractivity contribution in [1.82, 2.24) is 15.2 Å². The molecule has 1 unspecified atom stereocenters. The molecule has 1 fully saturated rings. The highest BCUT2D eigenvalue weighted by Gasteiger charge is 2.23. The Bertz CT molecular complexity index is 433. The summed E-state index contributed by atoms with van der Waals surface area (Å²) < 4.78 is 0. The second-order valence-corrected chi connectivity index (χ2v) is 6.39. The maximum absolute atomic E-state index is 4.88. The Labute approximate surface area is 129 Å². The molecule has 1 N–H and O–H groups in total. The average molecular weight is 290 g/mol. The van der Waals surface area contributed by atoms with Crippen LogP contribution in [0.1, 0.15) is 39.3 Å². The second-order valence-electron chi connectivity index (χ2n) is 6.39. The van der Waals surface area contributed by atoms with Gasteiger partial charge in [-0.3, -0.25) is 0 Å². The first-order valence-electron chi connectivity index (χ1n) is 8.24. The van der Waals surface area contributed by atoms with Crippen molar-refractivity contribution < 1.29 is 0 Å². The van der Waals surface area contributed by atoms with E-state index in [0.717, 1.165) is 31.1 Å². The number of hydrogen-bond acceptors (Lipinski definition) is 4. The lowest BCUT2D eigenvalue weighted by molar-refractivity contribution is 0.327. The normalized spacial score (nSPS) is 20.8. The van der Waals surface area contributed by atoms with E-state index in [1.54, 1.807) is 0 Å². The molecular formula is C17H30N4. The Hall–Kier alpha value is -1.13. The third kappa shape index (κ3) is 4.68. The van der Waals surface area contributed by atoms with Gasteiger partial charge < -0.3 is 15.1 Å². The molecule has 0 saturated carbocycles. The van der Waals surface area contributed by atoms with E-state index in [2.05, 4.69) is 61.1 Å². The number of pyridine rings is 1. The third-order valence-corrected chi connectivity index (χ3v) is 4.15. The quantitative estimate of drug-likeness (QED) is 0.903. The van der Waals surface area contributed by atoms with Gasteiger partial charge in [0.1, 0.15) is 5.82 Å². The Morgan fingerprint density at radius 2 is 2.14 bits per heavy atom. The van der Waals surface area contributed by atoms with Crippen molar-refractivity contribution in [2.24, 2.45) is 0 Å². The number of aromatic nitrogens is 1. The van der Waals surface area contributed by atoms with E-state index in [0.29, 0.717) is 12.1 Å². The summed E-state index contributed by atoms with van der Waals surface area (Å²) in [6, 6.07) is 7.47. The molecule has 1 aliphatic rings. The molecule has 0 radical (unpaired) electrons. The fourth-order valence-corrected chi connectivity index (χ4v) is 2.93. The first-order chi connectivity index (χ1) is 10.1. The van der Waals surface area contributed by atoms with Gasteiger partial charge in [-0.05, 0) is 38.6 Å². The van der Waals surface area contributed by atoms with Gasteiger partial charge >= 0.3 is 0 Å². The largest absolute Gasteiger partial charge is 0.352 e. The zero-order chi connectivity index (χ0) is 15.2. The van der Waals surface area contributed by atoms with Gasteiger partial charge in [0, 0.05) is 31.7 Å². The fraction of sp³-hybridized carbons (Fsp3) is 0.706. The Morgan fingerprint density at radius 3 is 2.86 bits per heavy atom. The summed E-state index contributed by atoms with van der Waals surface area (Å²) in [4.78, 5) is 9.82. The summed E-state index contributed by atoms with van der Waals surface area (Å²) >= 11 is 0. The fourth-order valence-electron chi connectivity index (χ4n) is 2.93. The molecule has 1 aliphatic heterocycles. The number of nitrogens with one attached hydrogen (secondary N) is 1. The van der Waals surface area contributed by atoms with E-state index in [1.807, 2.05) is 0 Å². The zero-order valence-electron chi connectivity index (χ0n) is 14.0. The molecule has 4 nitrogen and oxygen atoms in total. The van der Waals surface area contributed by atoms with Gasteiger partial charge in [0.05, 0.1) is 5.69 Å². The van der Waals surface area contributed by atoms with Gasteiger partial charge in [-0.15, -0.1) is 0 Å². The summed E-state index contributed by atoms with van der Waals surface area (Å²) in [5, 5.41) is 3.45. The van der Waals surface area contributed by atoms with Crippen LogP contribution in [0, 0.1) is 0 Å². The van der Waals surface area contributed by atoms with Crippen LogP contribution in [0.3, 0.4) is 0 Å². The molecule has 0 bridgehead atoms. The zero-order valence-corrected chi connectivity index (χ0v) is 14.0. The number of hydrogen-bond donors (Lipinski definition) is 1. The van der Waals surface area contributed by atoms with Crippen LogP contribution in [0.2, 0.25) is 0 Å². The van der Waals surface area contributed by atoms with E-state index in [-0.39, 0.29) is 0 Å². The highest BCUT2D eigenvalue weighted by atomic mass is 15.3. The lowest BCUT2D eigenvalue weighted by atomic mass is 10.2. The van der Waals surface area contributed by atoms with Crippen LogP contribution < -0.4 is 10.2 Å². The van der Waals surface area contributed by atoms with E-state index >= 15 is 0 Å². The molecule has 0 aliphatic carbocycles. The van der Waals surface area contributed by atoms with Crippen molar-refractivity contribution in [3.8, 4) is 0 Å². The Kier molecular flexibility index (Phi) is 6.00. The van der Waals surface area contributed by atoms with E-state index < -0.39 is 0 Å². The molecule has 1 aromatic rings. The van der Waals surface area contributed by atoms with Gasteiger partial charge in [-0.1, -0.05) is 26.8 Å². The molecule has 2 rings (SSSR count). The standard InChI is InChI=1S/C17H30N4/c1-5-16-13-20(4)10-7-11-21(16)17-9-6-8-15(19-17)12-18-14(2)3/h6,8-9,14,16,18H,5,7,10-13H2,1-4H3. The molecule has 21 heavy (non-hydrogen) atoms. The van der Waals surface area contributed by atoms with Crippen molar-refractivity contribution in [2.45, 2.75) is 52.2 Å². The summed E-state index contributed by atoms with van der Waals surface area (Å²) in [6.07, 6.45) is 2.38. The van der Waals surface area contributed by atoms with Crippen LogP contribution in [0.5, 0.6) is 0 Å². The van der Waals surface area contributed by atoms with Gasteiger partial charge in [0.25, 0.3) is 0 Å². The van der Waals surface area contributed by atoms with Gasteiger partial charge in [0.2, 0.25) is 0 Å². The summed E-state index contributed by atoms with van der Waals surface area (Å²) in [5.41, 5.74) is 1.13.